The first-order valence-corrected chi connectivity index (χ1v) is 18.5. The molecule has 2 N–H and O–H groups in total. The molecule has 0 saturated carbocycles. The summed E-state index contributed by atoms with van der Waals surface area (Å²) in [5.74, 6) is 0. The Hall–Kier alpha value is -5.90. The number of rotatable bonds is 14. The van der Waals surface area contributed by atoms with Crippen LogP contribution in [0.25, 0.3) is 48.9 Å². The first kappa shape index (κ1) is 35.9. The largest absolute Gasteiger partial charge is 0.388 e. The number of benzene rings is 5. The Kier molecular flexibility index (Phi) is 11.7. The lowest BCUT2D eigenvalue weighted by Gasteiger charge is -2.24. The minimum atomic E-state index is -0.214. The molecule has 0 unspecified atom stereocenters. The molecule has 0 radical (unpaired) electrons. The van der Waals surface area contributed by atoms with Gasteiger partial charge in [0, 0.05) is 39.8 Å². The van der Waals surface area contributed by atoms with Crippen molar-refractivity contribution in [3.05, 3.63) is 205 Å². The van der Waals surface area contributed by atoms with Crippen molar-refractivity contribution in [3.8, 4) is 21.6 Å². The van der Waals surface area contributed by atoms with E-state index in [1.54, 1.807) is 0 Å². The lowest BCUT2D eigenvalue weighted by Crippen LogP contribution is -2.17. The minimum absolute atomic E-state index is 0.214. The van der Waals surface area contributed by atoms with Crippen molar-refractivity contribution in [2.75, 3.05) is 18.9 Å². The zero-order valence-corrected chi connectivity index (χ0v) is 31.1. The maximum atomic E-state index is 4.46. The Balaban J connectivity index is 1.08. The molecule has 0 aliphatic rings. The van der Waals surface area contributed by atoms with E-state index in [0.29, 0.717) is 6.54 Å². The van der Waals surface area contributed by atoms with Crippen LogP contribution in [0.1, 0.15) is 36.1 Å². The fourth-order valence-electron chi connectivity index (χ4n) is 6.37. The molecule has 52 heavy (non-hydrogen) atoms. The van der Waals surface area contributed by atoms with E-state index in [0.717, 1.165) is 33.5 Å². The van der Waals surface area contributed by atoms with Gasteiger partial charge in [0.1, 0.15) is 0 Å². The van der Waals surface area contributed by atoms with Gasteiger partial charge in [-0.05, 0) is 80.4 Å². The molecule has 1 aromatic heterocycles. The number of anilines is 1. The molecule has 258 valence electrons. The molecule has 0 spiro atoms. The average Bonchev–Trinajstić information content (AvgIpc) is 3.62. The van der Waals surface area contributed by atoms with Gasteiger partial charge in [-0.3, -0.25) is 0 Å². The van der Waals surface area contributed by atoms with Crippen molar-refractivity contribution in [3.63, 3.8) is 0 Å². The number of para-hydroxylation sites is 1. The van der Waals surface area contributed by atoms with E-state index >= 15 is 0 Å². The number of fused-ring (bicyclic) bond motifs is 1. The van der Waals surface area contributed by atoms with Gasteiger partial charge in [0.2, 0.25) is 0 Å². The third-order valence-corrected chi connectivity index (χ3v) is 10.4. The number of hydrogen-bond donors (Lipinski definition) is 2. The topological polar surface area (TPSA) is 24.1 Å². The van der Waals surface area contributed by atoms with Gasteiger partial charge in [-0.25, -0.2) is 0 Å². The Morgan fingerprint density at radius 2 is 1.56 bits per heavy atom. The summed E-state index contributed by atoms with van der Waals surface area (Å²) >= 11 is 1.83. The van der Waals surface area contributed by atoms with Gasteiger partial charge in [-0.2, -0.15) is 0 Å². The maximum absolute atomic E-state index is 4.46. The molecule has 0 amide bonds. The minimum Gasteiger partial charge on any atom is -0.388 e. The van der Waals surface area contributed by atoms with Crippen LogP contribution in [0, 0.1) is 0 Å². The van der Waals surface area contributed by atoms with Gasteiger partial charge >= 0.3 is 0 Å². The molecule has 6 aromatic rings. The van der Waals surface area contributed by atoms with E-state index < -0.39 is 0 Å². The maximum Gasteiger partial charge on any atom is 0.0417 e. The standard InChI is InChI=1S/C49H46N2S/c1-6-15-38(40-17-13-18-41(34-40)44-21-9-11-23-46(44)50-5)19-14-32-51-33-31-49(3,4)45-22-10-8-20-43(45)36(2)25-26-37-27-29-39(30-28-37)48-35-42-16-7-12-24-47(42)52-48/h6-31,33-35,50-51H,1-2,32H2,3-5H3/b19-14-,26-25-,33-31?,38-15+. The second-order valence-corrected chi connectivity index (χ2v) is 14.4. The summed E-state index contributed by atoms with van der Waals surface area (Å²) in [5, 5.41) is 8.07. The lowest BCUT2D eigenvalue weighted by molar-refractivity contribution is 0.662. The third-order valence-electron chi connectivity index (χ3n) is 9.22. The summed E-state index contributed by atoms with van der Waals surface area (Å²) in [4.78, 5) is 1.29. The quantitative estimate of drug-likeness (QED) is 0.0876. The Morgan fingerprint density at radius 3 is 2.37 bits per heavy atom. The van der Waals surface area contributed by atoms with Gasteiger partial charge in [0.05, 0.1) is 0 Å². The van der Waals surface area contributed by atoms with Crippen LogP contribution >= 0.6 is 11.3 Å². The van der Waals surface area contributed by atoms with Crippen molar-refractivity contribution in [2.45, 2.75) is 19.3 Å². The predicted octanol–water partition coefficient (Wildman–Crippen LogP) is 13.2. The van der Waals surface area contributed by atoms with Gasteiger partial charge in [0.25, 0.3) is 0 Å². The normalized spacial score (nSPS) is 12.2. The van der Waals surface area contributed by atoms with E-state index in [2.05, 4.69) is 208 Å². The van der Waals surface area contributed by atoms with E-state index in [1.165, 1.54) is 37.2 Å². The highest BCUT2D eigenvalue weighted by Gasteiger charge is 2.21. The molecule has 0 atom stereocenters. The number of allylic oxidation sites excluding steroid dienone is 7. The third kappa shape index (κ3) is 8.69. The molecule has 6 rings (SSSR count). The summed E-state index contributed by atoms with van der Waals surface area (Å²) in [7, 11) is 1.96. The van der Waals surface area contributed by atoms with Crippen molar-refractivity contribution < 1.29 is 0 Å². The van der Waals surface area contributed by atoms with Gasteiger partial charge in [-0.15, -0.1) is 11.3 Å². The van der Waals surface area contributed by atoms with E-state index in [4.69, 9.17) is 0 Å². The van der Waals surface area contributed by atoms with Gasteiger partial charge < -0.3 is 10.6 Å². The first-order chi connectivity index (χ1) is 25.4. The predicted molar refractivity (Wildman–Crippen MR) is 231 cm³/mol. The summed E-state index contributed by atoms with van der Waals surface area (Å²) < 4.78 is 1.32. The SMILES string of the molecule is C=C/C=C(\C=C/CNC=CC(C)(C)c1ccccc1C(=C)/C=C\c1ccc(-c2cc3ccccc3s2)cc1)c1cccc(-c2ccccc2NC)c1. The Labute approximate surface area is 313 Å². The fraction of sp³-hybridized carbons (Fsp3) is 0.102. The number of thiophene rings is 1. The molecule has 3 heteroatoms. The highest BCUT2D eigenvalue weighted by Crippen LogP contribution is 2.35. The van der Waals surface area contributed by atoms with Crippen LogP contribution in [-0.2, 0) is 5.41 Å². The molecule has 1 heterocycles. The molecule has 0 fully saturated rings. The lowest BCUT2D eigenvalue weighted by atomic mass is 9.80. The molecular formula is C49H46N2S. The zero-order chi connectivity index (χ0) is 36.3. The number of nitrogens with one attached hydrogen (secondary N) is 2. The van der Waals surface area contributed by atoms with Crippen LogP contribution in [0.3, 0.4) is 0 Å². The smallest absolute Gasteiger partial charge is 0.0417 e. The first-order valence-electron chi connectivity index (χ1n) is 17.7. The Morgan fingerprint density at radius 1 is 0.788 bits per heavy atom. The van der Waals surface area contributed by atoms with E-state index in [-0.39, 0.29) is 5.41 Å². The van der Waals surface area contributed by atoms with Crippen LogP contribution in [-0.4, -0.2) is 13.6 Å². The molecule has 5 aromatic carbocycles. The van der Waals surface area contributed by atoms with Crippen molar-refractivity contribution in [1.82, 2.24) is 5.32 Å². The molecule has 2 nitrogen and oxygen atoms in total. The summed E-state index contributed by atoms with van der Waals surface area (Å²) in [6, 6.07) is 45.2. The van der Waals surface area contributed by atoms with Crippen LogP contribution in [0.5, 0.6) is 0 Å². The van der Waals surface area contributed by atoms with Crippen LogP contribution in [0.2, 0.25) is 0 Å². The highest BCUT2D eigenvalue weighted by molar-refractivity contribution is 7.22. The number of hydrogen-bond acceptors (Lipinski definition) is 3. The van der Waals surface area contributed by atoms with Crippen LogP contribution in [0.4, 0.5) is 5.69 Å². The van der Waals surface area contributed by atoms with Crippen molar-refractivity contribution in [2.24, 2.45) is 0 Å². The second-order valence-electron chi connectivity index (χ2n) is 13.3. The summed E-state index contributed by atoms with van der Waals surface area (Å²) in [6.07, 6.45) is 16.8. The average molecular weight is 695 g/mol. The molecule has 0 bridgehead atoms. The monoisotopic (exact) mass is 694 g/mol. The van der Waals surface area contributed by atoms with Crippen LogP contribution < -0.4 is 10.6 Å². The van der Waals surface area contributed by atoms with Gasteiger partial charge in [0.15, 0.2) is 0 Å². The molecule has 0 aliphatic heterocycles. The Bertz CT molecular complexity index is 2260. The second kappa shape index (κ2) is 16.9. The van der Waals surface area contributed by atoms with E-state index in [1.807, 2.05) is 24.5 Å². The zero-order valence-electron chi connectivity index (χ0n) is 30.3. The van der Waals surface area contributed by atoms with Crippen molar-refractivity contribution >= 4 is 44.3 Å². The molecule has 0 aliphatic carbocycles. The van der Waals surface area contributed by atoms with E-state index in [9.17, 15) is 0 Å². The summed E-state index contributed by atoms with van der Waals surface area (Å²) in [6.45, 7) is 13.6. The highest BCUT2D eigenvalue weighted by atomic mass is 32.1. The fourth-order valence-corrected chi connectivity index (χ4v) is 7.44. The van der Waals surface area contributed by atoms with Crippen LogP contribution in [0.15, 0.2) is 183 Å². The summed E-state index contributed by atoms with van der Waals surface area (Å²) in [5.41, 5.74) is 11.3. The molecule has 0 saturated heterocycles. The van der Waals surface area contributed by atoms with Crippen molar-refractivity contribution in [1.29, 1.82) is 0 Å². The molecular weight excluding hydrogens is 649 g/mol. The van der Waals surface area contributed by atoms with Gasteiger partial charge in [-0.1, -0.05) is 173 Å².